The summed E-state index contributed by atoms with van der Waals surface area (Å²) in [7, 11) is 1.61. The van der Waals surface area contributed by atoms with Crippen molar-refractivity contribution in [2.45, 2.75) is 32.1 Å². The highest BCUT2D eigenvalue weighted by molar-refractivity contribution is 5.88. The van der Waals surface area contributed by atoms with E-state index in [4.69, 9.17) is 9.84 Å². The molecule has 1 aromatic carbocycles. The number of aliphatic hydroxyl groups excluding tert-OH is 1. The molecule has 2 rings (SSSR count). The molecule has 2 N–H and O–H groups in total. The van der Waals surface area contributed by atoms with E-state index >= 15 is 0 Å². The van der Waals surface area contributed by atoms with Gasteiger partial charge in [-0.2, -0.15) is 0 Å². The second kappa shape index (κ2) is 8.48. The van der Waals surface area contributed by atoms with Crippen molar-refractivity contribution in [3.8, 4) is 0 Å². The fourth-order valence-electron chi connectivity index (χ4n) is 2.53. The molecule has 1 aliphatic heterocycles. The molecule has 0 unspecified atom stereocenters. The molecule has 8 heteroatoms. The van der Waals surface area contributed by atoms with Crippen LogP contribution in [-0.4, -0.2) is 65.2 Å². The van der Waals surface area contributed by atoms with Crippen LogP contribution in [-0.2, 0) is 20.9 Å². The summed E-state index contributed by atoms with van der Waals surface area (Å²) in [6.07, 6.45) is -1.44. The van der Waals surface area contributed by atoms with Crippen LogP contribution in [0.2, 0.25) is 0 Å². The van der Waals surface area contributed by atoms with Crippen LogP contribution in [0.15, 0.2) is 30.3 Å². The number of nitrogens with zero attached hydrogens (tertiary/aromatic N) is 2. The van der Waals surface area contributed by atoms with Crippen molar-refractivity contribution in [2.24, 2.45) is 0 Å². The molecular weight excluding hydrogens is 326 g/mol. The summed E-state index contributed by atoms with van der Waals surface area (Å²) < 4.78 is 5.29. The largest absolute Gasteiger partial charge is 0.444 e. The third-order valence-corrected chi connectivity index (χ3v) is 3.94. The van der Waals surface area contributed by atoms with E-state index in [-0.39, 0.29) is 32.1 Å². The van der Waals surface area contributed by atoms with Gasteiger partial charge in [0.25, 0.3) is 0 Å². The zero-order valence-electron chi connectivity index (χ0n) is 14.3. The summed E-state index contributed by atoms with van der Waals surface area (Å²) in [5.74, 6) is -0.722. The van der Waals surface area contributed by atoms with Gasteiger partial charge in [0, 0.05) is 13.6 Å². The molecule has 1 heterocycles. The summed E-state index contributed by atoms with van der Waals surface area (Å²) in [5, 5.41) is 11.7. The first-order valence-corrected chi connectivity index (χ1v) is 8.08. The Kier molecular flexibility index (Phi) is 6.35. The van der Waals surface area contributed by atoms with Crippen molar-refractivity contribution in [3.63, 3.8) is 0 Å². The summed E-state index contributed by atoms with van der Waals surface area (Å²) in [6, 6.07) is 8.57. The maximum atomic E-state index is 12.3. The first kappa shape index (κ1) is 18.7. The molecule has 25 heavy (non-hydrogen) atoms. The van der Waals surface area contributed by atoms with Gasteiger partial charge >= 0.3 is 6.09 Å². The van der Waals surface area contributed by atoms with Gasteiger partial charge in [0.15, 0.2) is 0 Å². The molecule has 1 saturated heterocycles. The van der Waals surface area contributed by atoms with Gasteiger partial charge in [0.2, 0.25) is 11.8 Å². The topological polar surface area (TPSA) is 99.2 Å². The number of ether oxygens (including phenoxy) is 1. The van der Waals surface area contributed by atoms with Gasteiger partial charge in [0.1, 0.15) is 18.8 Å². The van der Waals surface area contributed by atoms with E-state index < -0.39 is 24.1 Å². The maximum absolute atomic E-state index is 12.3. The Labute approximate surface area is 146 Å². The molecule has 136 valence electrons. The minimum Gasteiger partial charge on any atom is -0.444 e. The average Bonchev–Trinajstić information content (AvgIpc) is 2.88. The number of carbonyl (C=O) groups is 3. The van der Waals surface area contributed by atoms with Crippen LogP contribution in [0.3, 0.4) is 0 Å². The van der Waals surface area contributed by atoms with E-state index in [2.05, 4.69) is 5.32 Å². The Morgan fingerprint density at radius 1 is 1.36 bits per heavy atom. The van der Waals surface area contributed by atoms with Crippen molar-refractivity contribution in [2.75, 3.05) is 20.3 Å². The number of hydrogen-bond acceptors (Lipinski definition) is 5. The van der Waals surface area contributed by atoms with Crippen LogP contribution in [0.1, 0.15) is 18.9 Å². The molecule has 0 bridgehead atoms. The van der Waals surface area contributed by atoms with Gasteiger partial charge in [0.05, 0.1) is 6.67 Å². The lowest BCUT2D eigenvalue weighted by molar-refractivity contribution is -0.130. The van der Waals surface area contributed by atoms with E-state index in [1.165, 1.54) is 16.7 Å². The zero-order chi connectivity index (χ0) is 18.4. The van der Waals surface area contributed by atoms with Gasteiger partial charge in [-0.15, -0.1) is 0 Å². The molecule has 0 radical (unpaired) electrons. The van der Waals surface area contributed by atoms with Crippen LogP contribution in [0.4, 0.5) is 4.79 Å². The maximum Gasteiger partial charge on any atom is 0.412 e. The number of nitrogens with one attached hydrogen (secondary N) is 1. The number of benzene rings is 1. The van der Waals surface area contributed by atoms with Crippen molar-refractivity contribution in [1.29, 1.82) is 0 Å². The molecule has 2 atom stereocenters. The predicted octanol–water partition coefficient (Wildman–Crippen LogP) is 0.310. The quantitative estimate of drug-likeness (QED) is 0.770. The van der Waals surface area contributed by atoms with Crippen molar-refractivity contribution in [1.82, 2.24) is 15.1 Å². The summed E-state index contributed by atoms with van der Waals surface area (Å²) in [4.78, 5) is 38.7. The van der Waals surface area contributed by atoms with E-state index in [0.717, 1.165) is 5.56 Å². The SMILES string of the molecule is C[C@H](O)C(=O)NCC[C@H]1C(=O)N(C)CN1C(=O)OCc1ccccc1. The minimum atomic E-state index is -1.12. The molecule has 1 fully saturated rings. The number of likely N-dealkylation sites (N-methyl/N-ethyl adjacent to an activating group) is 1. The number of hydrogen-bond donors (Lipinski definition) is 2. The molecule has 0 aromatic heterocycles. The lowest BCUT2D eigenvalue weighted by Gasteiger charge is -2.21. The predicted molar refractivity (Wildman–Crippen MR) is 89.2 cm³/mol. The Morgan fingerprint density at radius 3 is 2.68 bits per heavy atom. The molecular formula is C17H23N3O5. The highest BCUT2D eigenvalue weighted by Crippen LogP contribution is 2.18. The summed E-state index contributed by atoms with van der Waals surface area (Å²) in [5.41, 5.74) is 0.857. The fourth-order valence-corrected chi connectivity index (χ4v) is 2.53. The van der Waals surface area contributed by atoms with Gasteiger partial charge in [-0.1, -0.05) is 30.3 Å². The molecule has 0 saturated carbocycles. The number of carbonyl (C=O) groups excluding carboxylic acids is 3. The second-order valence-corrected chi connectivity index (χ2v) is 5.96. The smallest absolute Gasteiger partial charge is 0.412 e. The first-order valence-electron chi connectivity index (χ1n) is 8.08. The Bertz CT molecular complexity index is 620. The van der Waals surface area contributed by atoms with Gasteiger partial charge in [-0.05, 0) is 18.9 Å². The van der Waals surface area contributed by atoms with Crippen LogP contribution in [0.5, 0.6) is 0 Å². The fraction of sp³-hybridized carbons (Fsp3) is 0.471. The zero-order valence-corrected chi connectivity index (χ0v) is 14.3. The number of aliphatic hydroxyl groups is 1. The van der Waals surface area contributed by atoms with Gasteiger partial charge in [-0.25, -0.2) is 4.79 Å². The second-order valence-electron chi connectivity index (χ2n) is 5.96. The lowest BCUT2D eigenvalue weighted by atomic mass is 10.2. The molecule has 0 aliphatic carbocycles. The van der Waals surface area contributed by atoms with Crippen molar-refractivity contribution < 1.29 is 24.2 Å². The molecule has 0 spiro atoms. The Morgan fingerprint density at radius 2 is 2.04 bits per heavy atom. The van der Waals surface area contributed by atoms with Crippen LogP contribution in [0.25, 0.3) is 0 Å². The summed E-state index contributed by atoms with van der Waals surface area (Å²) >= 11 is 0. The van der Waals surface area contributed by atoms with Crippen LogP contribution < -0.4 is 5.32 Å². The van der Waals surface area contributed by atoms with Crippen LogP contribution >= 0.6 is 0 Å². The van der Waals surface area contributed by atoms with E-state index in [1.807, 2.05) is 30.3 Å². The normalized spacial score (nSPS) is 18.2. The average molecular weight is 349 g/mol. The molecule has 8 nitrogen and oxygen atoms in total. The molecule has 3 amide bonds. The molecule has 1 aromatic rings. The first-order chi connectivity index (χ1) is 11.9. The highest BCUT2D eigenvalue weighted by Gasteiger charge is 2.39. The van der Waals surface area contributed by atoms with E-state index in [1.54, 1.807) is 7.05 Å². The Hall–Kier alpha value is -2.61. The monoisotopic (exact) mass is 349 g/mol. The van der Waals surface area contributed by atoms with E-state index in [9.17, 15) is 14.4 Å². The third-order valence-electron chi connectivity index (χ3n) is 3.94. The Balaban J connectivity index is 1.91. The standard InChI is InChI=1S/C17H23N3O5/c1-12(21)15(22)18-9-8-14-16(23)19(2)11-20(14)17(24)25-10-13-6-4-3-5-7-13/h3-7,12,14,21H,8-11H2,1-2H3,(H,18,22)/t12-,14-/m0/s1. The number of amides is 3. The third kappa shape index (κ3) is 4.93. The number of rotatable bonds is 6. The molecule has 1 aliphatic rings. The van der Waals surface area contributed by atoms with Crippen molar-refractivity contribution >= 4 is 17.9 Å². The van der Waals surface area contributed by atoms with Gasteiger partial charge < -0.3 is 20.1 Å². The van der Waals surface area contributed by atoms with Gasteiger partial charge in [-0.3, -0.25) is 14.5 Å². The van der Waals surface area contributed by atoms with E-state index in [0.29, 0.717) is 0 Å². The summed E-state index contributed by atoms with van der Waals surface area (Å²) in [6.45, 7) is 1.80. The highest BCUT2D eigenvalue weighted by atomic mass is 16.6. The van der Waals surface area contributed by atoms with Crippen LogP contribution in [0, 0.1) is 0 Å². The minimum absolute atomic E-state index is 0.125. The van der Waals surface area contributed by atoms with Crippen molar-refractivity contribution in [3.05, 3.63) is 35.9 Å². The lowest BCUT2D eigenvalue weighted by Crippen LogP contribution is -2.42.